The highest BCUT2D eigenvalue weighted by Crippen LogP contribution is 2.26. The largest absolute Gasteiger partial charge is 0.386 e. The maximum atomic E-state index is 13.8. The van der Waals surface area contributed by atoms with Crippen LogP contribution in [0.15, 0.2) is 40.7 Å². The summed E-state index contributed by atoms with van der Waals surface area (Å²) in [6.07, 6.45) is 2.91. The lowest BCUT2D eigenvalue weighted by molar-refractivity contribution is 0.378. The summed E-state index contributed by atoms with van der Waals surface area (Å²) in [4.78, 5) is 6.79. The molecule has 9 heteroatoms. The van der Waals surface area contributed by atoms with Gasteiger partial charge in [0.05, 0.1) is 25.5 Å². The third-order valence-corrected chi connectivity index (χ3v) is 3.49. The number of benzene rings is 1. The first kappa shape index (κ1) is 14.5. The van der Waals surface area contributed by atoms with Crippen LogP contribution in [0.1, 0.15) is 5.56 Å². The van der Waals surface area contributed by atoms with Gasteiger partial charge in [-0.2, -0.15) is 10.2 Å². The van der Waals surface area contributed by atoms with E-state index in [1.54, 1.807) is 0 Å². The Morgan fingerprint density at radius 1 is 1.18 bits per heavy atom. The van der Waals surface area contributed by atoms with E-state index in [0.717, 1.165) is 0 Å². The van der Waals surface area contributed by atoms with Gasteiger partial charge in [-0.1, -0.05) is 17.7 Å². The zero-order chi connectivity index (χ0) is 15.7. The summed E-state index contributed by atoms with van der Waals surface area (Å²) in [5, 5.41) is 8.01. The van der Waals surface area contributed by atoms with E-state index in [-0.39, 0.29) is 35.5 Å². The molecule has 1 aromatic heterocycles. The monoisotopic (exact) mass is 324 g/mol. The summed E-state index contributed by atoms with van der Waals surface area (Å²) in [5.74, 6) is -0.853. The molecule has 0 saturated carbocycles. The van der Waals surface area contributed by atoms with E-state index in [1.807, 2.05) is 0 Å². The van der Waals surface area contributed by atoms with Gasteiger partial charge < -0.3 is 10.6 Å². The van der Waals surface area contributed by atoms with Crippen molar-refractivity contribution in [1.29, 1.82) is 0 Å². The highest BCUT2D eigenvalue weighted by atomic mass is 35.5. The van der Waals surface area contributed by atoms with E-state index in [4.69, 9.17) is 17.3 Å². The van der Waals surface area contributed by atoms with Crippen molar-refractivity contribution in [1.82, 2.24) is 19.9 Å². The Balaban J connectivity index is 1.96. The van der Waals surface area contributed by atoms with Crippen molar-refractivity contribution in [3.8, 4) is 0 Å². The Kier molecular flexibility index (Phi) is 3.76. The van der Waals surface area contributed by atoms with Crippen LogP contribution >= 0.6 is 11.6 Å². The molecule has 0 unspecified atom stereocenters. The molecule has 0 amide bonds. The van der Waals surface area contributed by atoms with Crippen molar-refractivity contribution in [3.63, 3.8) is 0 Å². The maximum absolute atomic E-state index is 13.8. The van der Waals surface area contributed by atoms with E-state index in [9.17, 15) is 8.78 Å². The second-order valence-corrected chi connectivity index (χ2v) is 4.95. The Morgan fingerprint density at radius 2 is 1.82 bits per heavy atom. The first-order chi connectivity index (χ1) is 10.6. The Labute approximate surface area is 129 Å². The molecule has 2 N–H and O–H groups in total. The Morgan fingerprint density at radius 3 is 2.45 bits per heavy atom. The molecule has 0 bridgehead atoms. The minimum atomic E-state index is -0.649. The molecule has 0 radical (unpaired) electrons. The van der Waals surface area contributed by atoms with Crippen LogP contribution in [0, 0.1) is 11.6 Å². The zero-order valence-corrected chi connectivity index (χ0v) is 12.0. The Bertz CT molecular complexity index is 736. The van der Waals surface area contributed by atoms with E-state index >= 15 is 0 Å². The SMILES string of the molecule is NC1=NC(n2nccn2)=C(Cl)N(Cc2c(F)cccc2F)C1. The molecule has 0 spiro atoms. The number of nitrogens with two attached hydrogens (primary N) is 1. The minimum absolute atomic E-state index is 0.0850. The summed E-state index contributed by atoms with van der Waals surface area (Å²) in [5.41, 5.74) is 5.68. The van der Waals surface area contributed by atoms with Crippen LogP contribution in [-0.2, 0) is 6.54 Å². The second kappa shape index (κ2) is 5.72. The smallest absolute Gasteiger partial charge is 0.211 e. The fourth-order valence-electron chi connectivity index (χ4n) is 2.08. The maximum Gasteiger partial charge on any atom is 0.211 e. The molecular weight excluding hydrogens is 314 g/mol. The topological polar surface area (TPSA) is 72.3 Å². The summed E-state index contributed by atoms with van der Waals surface area (Å²) in [6, 6.07) is 3.68. The number of halogens is 3. The summed E-state index contributed by atoms with van der Waals surface area (Å²) >= 11 is 6.26. The van der Waals surface area contributed by atoms with Gasteiger partial charge in [0.2, 0.25) is 5.82 Å². The molecular formula is C13H11ClF2N6. The zero-order valence-electron chi connectivity index (χ0n) is 11.2. The third kappa shape index (κ3) is 2.64. The molecule has 3 rings (SSSR count). The van der Waals surface area contributed by atoms with Gasteiger partial charge in [-0.25, -0.2) is 13.8 Å². The highest BCUT2D eigenvalue weighted by molar-refractivity contribution is 6.32. The lowest BCUT2D eigenvalue weighted by Crippen LogP contribution is -2.36. The molecule has 1 aliphatic heterocycles. The van der Waals surface area contributed by atoms with Crippen LogP contribution in [0.3, 0.4) is 0 Å². The number of aromatic nitrogens is 3. The first-order valence-corrected chi connectivity index (χ1v) is 6.71. The molecule has 2 aromatic rings. The van der Waals surface area contributed by atoms with Gasteiger partial charge in [-0.05, 0) is 12.1 Å². The average molecular weight is 325 g/mol. The fraction of sp³-hybridized carbons (Fsp3) is 0.154. The number of amidine groups is 1. The van der Waals surface area contributed by atoms with Crippen molar-refractivity contribution >= 4 is 23.3 Å². The van der Waals surface area contributed by atoms with Gasteiger partial charge >= 0.3 is 0 Å². The standard InChI is InChI=1S/C13H11ClF2N6/c14-12-13(22-18-4-5-19-22)20-11(17)7-21(12)6-8-9(15)2-1-3-10(8)16/h1-5H,6-7H2,(H2,17,20). The van der Waals surface area contributed by atoms with Gasteiger partial charge in [0.25, 0.3) is 0 Å². The summed E-state index contributed by atoms with van der Waals surface area (Å²) in [7, 11) is 0. The Hall–Kier alpha value is -2.48. The lowest BCUT2D eigenvalue weighted by Gasteiger charge is -2.28. The van der Waals surface area contributed by atoms with E-state index in [0.29, 0.717) is 0 Å². The van der Waals surface area contributed by atoms with Crippen LogP contribution < -0.4 is 5.73 Å². The van der Waals surface area contributed by atoms with Crippen LogP contribution in [0.2, 0.25) is 0 Å². The van der Waals surface area contributed by atoms with Crippen molar-refractivity contribution in [2.75, 3.05) is 6.54 Å². The van der Waals surface area contributed by atoms with Crippen LogP contribution in [0.25, 0.3) is 5.82 Å². The highest BCUT2D eigenvalue weighted by Gasteiger charge is 2.24. The van der Waals surface area contributed by atoms with E-state index in [1.165, 1.54) is 40.3 Å². The molecule has 1 aliphatic rings. The van der Waals surface area contributed by atoms with Gasteiger partial charge in [-0.3, -0.25) is 0 Å². The van der Waals surface area contributed by atoms with Gasteiger partial charge in [0, 0.05) is 5.56 Å². The molecule has 6 nitrogen and oxygen atoms in total. The minimum Gasteiger partial charge on any atom is -0.386 e. The molecule has 0 aliphatic carbocycles. The van der Waals surface area contributed by atoms with Gasteiger partial charge in [0.1, 0.15) is 17.5 Å². The number of hydrogen-bond donors (Lipinski definition) is 1. The lowest BCUT2D eigenvalue weighted by atomic mass is 10.2. The van der Waals surface area contributed by atoms with E-state index < -0.39 is 11.6 Å². The van der Waals surface area contributed by atoms with Crippen LogP contribution in [0.5, 0.6) is 0 Å². The number of aliphatic imine (C=N–C) groups is 1. The molecule has 22 heavy (non-hydrogen) atoms. The number of rotatable bonds is 3. The number of nitrogens with zero attached hydrogens (tertiary/aromatic N) is 5. The van der Waals surface area contributed by atoms with Crippen molar-refractivity contribution in [2.24, 2.45) is 10.7 Å². The summed E-state index contributed by atoms with van der Waals surface area (Å²) < 4.78 is 27.6. The van der Waals surface area contributed by atoms with Gasteiger partial charge in [-0.15, -0.1) is 4.80 Å². The molecule has 0 fully saturated rings. The van der Waals surface area contributed by atoms with Crippen molar-refractivity contribution in [3.05, 3.63) is 52.9 Å². The van der Waals surface area contributed by atoms with Crippen molar-refractivity contribution < 1.29 is 8.78 Å². The predicted molar refractivity (Wildman–Crippen MR) is 77.5 cm³/mol. The van der Waals surface area contributed by atoms with Crippen LogP contribution in [0.4, 0.5) is 8.78 Å². The number of hydrogen-bond acceptors (Lipinski definition) is 5. The van der Waals surface area contributed by atoms with E-state index in [2.05, 4.69) is 15.2 Å². The average Bonchev–Trinajstić information content (AvgIpc) is 3.00. The molecule has 2 heterocycles. The molecule has 1 aromatic carbocycles. The quantitative estimate of drug-likeness (QED) is 0.873. The second-order valence-electron chi connectivity index (χ2n) is 4.59. The first-order valence-electron chi connectivity index (χ1n) is 6.33. The molecule has 0 saturated heterocycles. The van der Waals surface area contributed by atoms with Crippen molar-refractivity contribution in [2.45, 2.75) is 6.54 Å². The third-order valence-electron chi connectivity index (χ3n) is 3.08. The normalized spacial score (nSPS) is 15.2. The van der Waals surface area contributed by atoms with Gasteiger partial charge in [0.15, 0.2) is 5.16 Å². The van der Waals surface area contributed by atoms with Crippen LogP contribution in [-0.4, -0.2) is 32.3 Å². The molecule has 114 valence electrons. The predicted octanol–water partition coefficient (Wildman–Crippen LogP) is 1.75. The molecule has 0 atom stereocenters. The summed E-state index contributed by atoms with van der Waals surface area (Å²) in [6.45, 7) is 0.0652. The fourth-order valence-corrected chi connectivity index (χ4v) is 2.31.